The monoisotopic (exact) mass is 278 g/mol. The predicted octanol–water partition coefficient (Wildman–Crippen LogP) is 4.06. The molecule has 0 amide bonds. The average molecular weight is 278 g/mol. The maximum atomic E-state index is 11.9. The summed E-state index contributed by atoms with van der Waals surface area (Å²) < 4.78 is 5.50. The van der Waals surface area contributed by atoms with Crippen LogP contribution in [0.2, 0.25) is 0 Å². The van der Waals surface area contributed by atoms with Gasteiger partial charge in [0.25, 0.3) is 0 Å². The molecule has 20 heavy (non-hydrogen) atoms. The highest BCUT2D eigenvalue weighted by Crippen LogP contribution is 2.39. The molecule has 3 nitrogen and oxygen atoms in total. The third-order valence-corrected chi connectivity index (χ3v) is 3.77. The number of carbonyl (C=O) groups excluding carboxylic acids is 1. The lowest BCUT2D eigenvalue weighted by molar-refractivity contribution is 0.101. The number of rotatable bonds is 6. The smallest absolute Gasteiger partial charge is 0.163 e. The summed E-state index contributed by atoms with van der Waals surface area (Å²) in [6.45, 7) is 9.74. The van der Waals surface area contributed by atoms with Crippen molar-refractivity contribution in [1.29, 1.82) is 0 Å². The topological polar surface area (TPSA) is 46.5 Å². The van der Waals surface area contributed by atoms with Crippen LogP contribution in [-0.2, 0) is 12.8 Å². The second-order valence-electron chi connectivity index (χ2n) is 5.68. The first-order chi connectivity index (χ1) is 9.34. The molecule has 0 aliphatic carbocycles. The Kier molecular flexibility index (Phi) is 5.61. The standard InChI is InChI=1S/C17H26O3/c1-7-13-11(4)17(20-6)14(9-8-10(2)3)16(19)15(13)12(5)18/h10,19H,7-9H2,1-6H3. The van der Waals surface area contributed by atoms with Gasteiger partial charge >= 0.3 is 0 Å². The molecule has 0 aliphatic heterocycles. The maximum absolute atomic E-state index is 11.9. The Morgan fingerprint density at radius 3 is 2.30 bits per heavy atom. The van der Waals surface area contributed by atoms with Crippen molar-refractivity contribution >= 4 is 5.78 Å². The van der Waals surface area contributed by atoms with Gasteiger partial charge in [-0.25, -0.2) is 0 Å². The molecule has 0 heterocycles. The van der Waals surface area contributed by atoms with E-state index < -0.39 is 0 Å². The molecule has 0 aromatic heterocycles. The van der Waals surface area contributed by atoms with Crippen molar-refractivity contribution in [2.75, 3.05) is 7.11 Å². The minimum absolute atomic E-state index is 0.0871. The molecule has 1 aromatic carbocycles. The number of benzene rings is 1. The van der Waals surface area contributed by atoms with Crippen LogP contribution in [0, 0.1) is 12.8 Å². The van der Waals surface area contributed by atoms with E-state index in [1.54, 1.807) is 7.11 Å². The Balaban J connectivity index is 3.52. The molecule has 1 rings (SSSR count). The molecule has 0 spiro atoms. The van der Waals surface area contributed by atoms with Gasteiger partial charge in [0.15, 0.2) is 5.78 Å². The second-order valence-corrected chi connectivity index (χ2v) is 5.68. The molecule has 3 heteroatoms. The van der Waals surface area contributed by atoms with Gasteiger partial charge in [-0.15, -0.1) is 0 Å². The molecule has 0 saturated heterocycles. The fourth-order valence-corrected chi connectivity index (χ4v) is 2.71. The van der Waals surface area contributed by atoms with Crippen molar-refractivity contribution in [2.45, 2.75) is 53.9 Å². The summed E-state index contributed by atoms with van der Waals surface area (Å²) in [4.78, 5) is 11.9. The van der Waals surface area contributed by atoms with Crippen LogP contribution in [-0.4, -0.2) is 18.0 Å². The van der Waals surface area contributed by atoms with E-state index in [1.807, 2.05) is 13.8 Å². The minimum Gasteiger partial charge on any atom is -0.507 e. The number of phenols is 1. The van der Waals surface area contributed by atoms with E-state index >= 15 is 0 Å². The summed E-state index contributed by atoms with van der Waals surface area (Å²) in [5, 5.41) is 10.5. The van der Waals surface area contributed by atoms with Crippen LogP contribution in [0.4, 0.5) is 0 Å². The van der Waals surface area contributed by atoms with E-state index in [9.17, 15) is 9.90 Å². The SMILES string of the molecule is CCc1c(C)c(OC)c(CCC(C)C)c(O)c1C(C)=O. The number of ketones is 1. The third kappa shape index (κ3) is 3.14. The number of phenolic OH excluding ortho intramolecular Hbond substituents is 1. The van der Waals surface area contributed by atoms with Gasteiger partial charge in [-0.1, -0.05) is 20.8 Å². The number of methoxy groups -OCH3 is 1. The average Bonchev–Trinajstić information content (AvgIpc) is 2.37. The van der Waals surface area contributed by atoms with E-state index in [0.717, 1.165) is 35.3 Å². The molecule has 0 radical (unpaired) electrons. The maximum Gasteiger partial charge on any atom is 0.163 e. The Bertz CT molecular complexity index is 502. The molecule has 0 atom stereocenters. The van der Waals surface area contributed by atoms with Crippen LogP contribution in [0.1, 0.15) is 61.2 Å². The van der Waals surface area contributed by atoms with Crippen LogP contribution in [0.15, 0.2) is 0 Å². The number of hydrogen-bond donors (Lipinski definition) is 1. The van der Waals surface area contributed by atoms with Crippen molar-refractivity contribution < 1.29 is 14.6 Å². The van der Waals surface area contributed by atoms with Crippen molar-refractivity contribution in [1.82, 2.24) is 0 Å². The number of aromatic hydroxyl groups is 1. The van der Waals surface area contributed by atoms with Crippen molar-refractivity contribution in [2.24, 2.45) is 5.92 Å². The van der Waals surface area contributed by atoms with E-state index in [0.29, 0.717) is 17.9 Å². The van der Waals surface area contributed by atoms with Gasteiger partial charge in [-0.3, -0.25) is 4.79 Å². The normalized spacial score (nSPS) is 10.9. The first kappa shape index (κ1) is 16.5. The first-order valence-corrected chi connectivity index (χ1v) is 7.27. The fourth-order valence-electron chi connectivity index (χ4n) is 2.71. The van der Waals surface area contributed by atoms with Crippen LogP contribution in [0.3, 0.4) is 0 Å². The number of ether oxygens (including phenoxy) is 1. The molecule has 1 N–H and O–H groups in total. The fraction of sp³-hybridized carbons (Fsp3) is 0.588. The van der Waals surface area contributed by atoms with Gasteiger partial charge in [0, 0.05) is 5.56 Å². The summed E-state index contributed by atoms with van der Waals surface area (Å²) in [7, 11) is 1.62. The number of carbonyl (C=O) groups is 1. The summed E-state index contributed by atoms with van der Waals surface area (Å²) in [6.07, 6.45) is 2.37. The second kappa shape index (κ2) is 6.78. The van der Waals surface area contributed by atoms with Gasteiger partial charge in [0.2, 0.25) is 0 Å². The Morgan fingerprint density at radius 2 is 1.90 bits per heavy atom. The van der Waals surface area contributed by atoms with E-state index in [4.69, 9.17) is 4.74 Å². The van der Waals surface area contributed by atoms with Crippen molar-refractivity contribution in [3.63, 3.8) is 0 Å². The zero-order valence-corrected chi connectivity index (χ0v) is 13.5. The number of Topliss-reactive ketones (excluding diaryl/α,β-unsaturated/α-hetero) is 1. The molecule has 1 aromatic rings. The first-order valence-electron chi connectivity index (χ1n) is 7.27. The van der Waals surface area contributed by atoms with Gasteiger partial charge in [0.1, 0.15) is 11.5 Å². The molecule has 112 valence electrons. The van der Waals surface area contributed by atoms with Crippen molar-refractivity contribution in [3.8, 4) is 11.5 Å². The number of hydrogen-bond acceptors (Lipinski definition) is 3. The van der Waals surface area contributed by atoms with E-state index in [1.165, 1.54) is 6.92 Å². The molecule has 0 aliphatic rings. The van der Waals surface area contributed by atoms with E-state index in [-0.39, 0.29) is 11.5 Å². The lowest BCUT2D eigenvalue weighted by Crippen LogP contribution is -2.08. The highest BCUT2D eigenvalue weighted by atomic mass is 16.5. The minimum atomic E-state index is -0.0871. The summed E-state index contributed by atoms with van der Waals surface area (Å²) in [6, 6.07) is 0. The van der Waals surface area contributed by atoms with Crippen LogP contribution in [0.5, 0.6) is 11.5 Å². The van der Waals surface area contributed by atoms with Gasteiger partial charge < -0.3 is 9.84 Å². The van der Waals surface area contributed by atoms with Gasteiger partial charge in [0.05, 0.1) is 12.7 Å². The zero-order valence-electron chi connectivity index (χ0n) is 13.5. The zero-order chi connectivity index (χ0) is 15.4. The van der Waals surface area contributed by atoms with Gasteiger partial charge in [-0.05, 0) is 50.2 Å². The molecule has 0 unspecified atom stereocenters. The Hall–Kier alpha value is -1.51. The van der Waals surface area contributed by atoms with Gasteiger partial charge in [-0.2, -0.15) is 0 Å². The Labute approximate surface area is 122 Å². The van der Waals surface area contributed by atoms with Crippen molar-refractivity contribution in [3.05, 3.63) is 22.3 Å². The summed E-state index contributed by atoms with van der Waals surface area (Å²) >= 11 is 0. The molecule has 0 fully saturated rings. The van der Waals surface area contributed by atoms with Crippen LogP contribution >= 0.6 is 0 Å². The van der Waals surface area contributed by atoms with Crippen LogP contribution in [0.25, 0.3) is 0 Å². The molecule has 0 saturated carbocycles. The lowest BCUT2D eigenvalue weighted by atomic mass is 9.89. The predicted molar refractivity (Wildman–Crippen MR) is 81.9 cm³/mol. The highest BCUT2D eigenvalue weighted by molar-refractivity contribution is 5.99. The summed E-state index contributed by atoms with van der Waals surface area (Å²) in [5.74, 6) is 1.28. The summed E-state index contributed by atoms with van der Waals surface area (Å²) in [5.41, 5.74) is 3.09. The quantitative estimate of drug-likeness (QED) is 0.798. The molecule has 0 bridgehead atoms. The van der Waals surface area contributed by atoms with E-state index in [2.05, 4.69) is 13.8 Å². The lowest BCUT2D eigenvalue weighted by Gasteiger charge is -2.20. The molecular weight excluding hydrogens is 252 g/mol. The Morgan fingerprint density at radius 1 is 1.30 bits per heavy atom. The molecular formula is C17H26O3. The third-order valence-electron chi connectivity index (χ3n) is 3.77. The highest BCUT2D eigenvalue weighted by Gasteiger charge is 2.23. The van der Waals surface area contributed by atoms with Crippen LogP contribution < -0.4 is 4.74 Å². The largest absolute Gasteiger partial charge is 0.507 e.